The van der Waals surface area contributed by atoms with Gasteiger partial charge in [-0.25, -0.2) is 4.98 Å². The van der Waals surface area contributed by atoms with Crippen LogP contribution in [0.5, 0.6) is 0 Å². The summed E-state index contributed by atoms with van der Waals surface area (Å²) in [6.45, 7) is 11.7. The summed E-state index contributed by atoms with van der Waals surface area (Å²) in [4.78, 5) is 14.6. The zero-order valence-electron chi connectivity index (χ0n) is 26.4. The molecule has 0 atom stereocenters. The maximum Gasteiger partial charge on any atom is 0.228 e. The van der Waals surface area contributed by atoms with Gasteiger partial charge in [-0.3, -0.25) is 9.58 Å². The maximum atomic E-state index is 5.61. The molecule has 7 rings (SSSR count). The average Bonchev–Trinajstić information content (AvgIpc) is 3.70. The number of anilines is 3. The lowest BCUT2D eigenvalue weighted by molar-refractivity contribution is 0.0383. The van der Waals surface area contributed by atoms with Crippen LogP contribution >= 0.6 is 0 Å². The van der Waals surface area contributed by atoms with Crippen molar-refractivity contribution >= 4 is 39.8 Å². The number of benzene rings is 2. The first kappa shape index (κ1) is 29.5. The van der Waals surface area contributed by atoms with Gasteiger partial charge in [-0.05, 0) is 29.7 Å². The van der Waals surface area contributed by atoms with Crippen molar-refractivity contribution in [3.05, 3.63) is 59.8 Å². The topological polar surface area (TPSA) is 105 Å². The third-order valence-corrected chi connectivity index (χ3v) is 8.81. The minimum absolute atomic E-state index is 0.404. The fourth-order valence-electron chi connectivity index (χ4n) is 6.06. The summed E-state index contributed by atoms with van der Waals surface area (Å²) in [5.74, 6) is 1.85. The number of hydrogen-bond acceptors (Lipinski definition) is 10. The molecule has 0 amide bonds. The number of aromatic nitrogens is 4. The molecule has 234 valence electrons. The van der Waals surface area contributed by atoms with E-state index in [4.69, 9.17) is 24.5 Å². The van der Waals surface area contributed by atoms with Crippen LogP contribution in [0, 0.1) is 5.92 Å². The molecule has 2 aromatic heterocycles. The van der Waals surface area contributed by atoms with Gasteiger partial charge >= 0.3 is 0 Å². The van der Waals surface area contributed by atoms with Crippen molar-refractivity contribution < 1.29 is 9.47 Å². The first-order chi connectivity index (χ1) is 22.0. The molecule has 0 spiro atoms. The van der Waals surface area contributed by atoms with E-state index >= 15 is 0 Å². The van der Waals surface area contributed by atoms with Crippen LogP contribution in [0.1, 0.15) is 31.5 Å². The number of aryl methyl sites for hydroxylation is 1. The molecule has 4 aromatic rings. The van der Waals surface area contributed by atoms with E-state index in [9.17, 15) is 0 Å². The lowest BCUT2D eigenvalue weighted by Crippen LogP contribution is -2.37. The van der Waals surface area contributed by atoms with E-state index < -0.39 is 0 Å². The lowest BCUT2D eigenvalue weighted by atomic mass is 9.99. The Morgan fingerprint density at radius 1 is 0.844 bits per heavy atom. The highest BCUT2D eigenvalue weighted by atomic mass is 16.5. The van der Waals surface area contributed by atoms with Crippen LogP contribution in [-0.4, -0.2) is 95.2 Å². The van der Waals surface area contributed by atoms with Gasteiger partial charge in [-0.15, -0.1) is 0 Å². The third-order valence-electron chi connectivity index (χ3n) is 8.81. The van der Waals surface area contributed by atoms with Crippen molar-refractivity contribution in [2.75, 3.05) is 69.4 Å². The van der Waals surface area contributed by atoms with Gasteiger partial charge in [-0.1, -0.05) is 38.1 Å². The lowest BCUT2D eigenvalue weighted by Gasteiger charge is -2.27. The Labute approximate surface area is 264 Å². The second-order valence-electron chi connectivity index (χ2n) is 12.2. The summed E-state index contributed by atoms with van der Waals surface area (Å²) >= 11 is 0. The molecule has 2 fully saturated rings. The van der Waals surface area contributed by atoms with Gasteiger partial charge < -0.3 is 19.7 Å². The van der Waals surface area contributed by atoms with Gasteiger partial charge in [0.2, 0.25) is 5.95 Å². The van der Waals surface area contributed by atoms with E-state index in [1.807, 2.05) is 17.8 Å². The molecule has 2 aromatic carbocycles. The molecule has 11 nitrogen and oxygen atoms in total. The molecule has 5 heterocycles. The predicted molar refractivity (Wildman–Crippen MR) is 179 cm³/mol. The van der Waals surface area contributed by atoms with Crippen LogP contribution in [0.4, 0.5) is 17.5 Å². The highest BCUT2D eigenvalue weighted by Gasteiger charge is 2.20. The predicted octanol–water partition coefficient (Wildman–Crippen LogP) is 4.69. The van der Waals surface area contributed by atoms with Crippen molar-refractivity contribution in [1.29, 1.82) is 0 Å². The SMILES string of the molecule is CC(C)C1=NN=C(c2ccc(Nc3cc(-c4ccc5c(CCN6CCOCC6)nn(C)c5c4)nc(N4CCOCC4)n3)cc2)C1. The molecule has 0 unspecified atom stereocenters. The van der Waals surface area contributed by atoms with Crippen molar-refractivity contribution in [2.24, 2.45) is 23.2 Å². The summed E-state index contributed by atoms with van der Waals surface area (Å²) in [6, 6.07) is 16.9. The molecule has 11 heteroatoms. The van der Waals surface area contributed by atoms with Crippen molar-refractivity contribution in [3.63, 3.8) is 0 Å². The van der Waals surface area contributed by atoms with E-state index in [1.165, 1.54) is 5.39 Å². The van der Waals surface area contributed by atoms with Gasteiger partial charge in [0.05, 0.1) is 49.0 Å². The molecule has 45 heavy (non-hydrogen) atoms. The van der Waals surface area contributed by atoms with E-state index in [2.05, 4.69) is 81.6 Å². The zero-order valence-corrected chi connectivity index (χ0v) is 26.4. The zero-order chi connectivity index (χ0) is 30.8. The number of nitrogens with one attached hydrogen (secondary N) is 1. The fraction of sp³-hybridized carbons (Fsp3) is 0.441. The minimum atomic E-state index is 0.404. The van der Waals surface area contributed by atoms with Gasteiger partial charge in [0.1, 0.15) is 5.82 Å². The molecule has 3 aliphatic heterocycles. The Hall–Kier alpha value is -4.19. The quantitative estimate of drug-likeness (QED) is 0.292. The number of hydrogen-bond donors (Lipinski definition) is 1. The van der Waals surface area contributed by atoms with Gasteiger partial charge in [0.15, 0.2) is 0 Å². The molecule has 3 aliphatic rings. The Morgan fingerprint density at radius 3 is 2.31 bits per heavy atom. The summed E-state index contributed by atoms with van der Waals surface area (Å²) in [6.07, 6.45) is 1.72. The Morgan fingerprint density at radius 2 is 1.58 bits per heavy atom. The molecule has 0 radical (unpaired) electrons. The Bertz CT molecular complexity index is 1720. The summed E-state index contributed by atoms with van der Waals surface area (Å²) < 4.78 is 13.1. The highest BCUT2D eigenvalue weighted by Crippen LogP contribution is 2.30. The van der Waals surface area contributed by atoms with Gasteiger partial charge in [-0.2, -0.15) is 20.3 Å². The average molecular weight is 608 g/mol. The summed E-state index contributed by atoms with van der Waals surface area (Å²) in [5.41, 5.74) is 8.30. The minimum Gasteiger partial charge on any atom is -0.379 e. The number of rotatable bonds is 9. The van der Waals surface area contributed by atoms with Crippen LogP contribution in [-0.2, 0) is 22.9 Å². The summed E-state index contributed by atoms with van der Waals surface area (Å²) in [5, 5.41) is 18.4. The molecule has 0 saturated carbocycles. The van der Waals surface area contributed by atoms with E-state index in [0.29, 0.717) is 25.1 Å². The molecular formula is C34H41N9O2. The Kier molecular flexibility index (Phi) is 8.55. The smallest absolute Gasteiger partial charge is 0.228 e. The van der Waals surface area contributed by atoms with Crippen LogP contribution in [0.3, 0.4) is 0 Å². The first-order valence-corrected chi connectivity index (χ1v) is 16.0. The maximum absolute atomic E-state index is 5.61. The monoisotopic (exact) mass is 607 g/mol. The van der Waals surface area contributed by atoms with E-state index in [1.54, 1.807) is 0 Å². The largest absolute Gasteiger partial charge is 0.379 e. The molecular weight excluding hydrogens is 566 g/mol. The number of morpholine rings is 2. The number of ether oxygens (including phenoxy) is 2. The standard InChI is InChI=1S/C34H41N9O2/c1-23(2)29-21-31(39-38-29)24-4-7-26(8-5-24)35-33-22-30(36-34(37-33)43-14-18-45-19-15-43)25-6-9-27-28(40-41(3)32(27)20-25)10-11-42-12-16-44-17-13-42/h4-9,20,22-23H,10-19,21H2,1-3H3,(H,35,36,37). The second-order valence-corrected chi connectivity index (χ2v) is 12.2. The van der Waals surface area contributed by atoms with E-state index in [-0.39, 0.29) is 0 Å². The second kappa shape index (κ2) is 13.0. The first-order valence-electron chi connectivity index (χ1n) is 16.0. The van der Waals surface area contributed by atoms with E-state index in [0.717, 1.165) is 110 Å². The third kappa shape index (κ3) is 6.61. The van der Waals surface area contributed by atoms with Gasteiger partial charge in [0, 0.05) is 81.0 Å². The number of fused-ring (bicyclic) bond motifs is 1. The Balaban J connectivity index is 1.14. The molecule has 0 bridgehead atoms. The van der Waals surface area contributed by atoms with Crippen molar-refractivity contribution in [3.8, 4) is 11.3 Å². The van der Waals surface area contributed by atoms with Crippen LogP contribution in [0.2, 0.25) is 0 Å². The normalized spacial score (nSPS) is 17.6. The molecule has 2 saturated heterocycles. The molecule has 1 N–H and O–H groups in total. The summed E-state index contributed by atoms with van der Waals surface area (Å²) in [7, 11) is 2.02. The van der Waals surface area contributed by atoms with Crippen LogP contribution in [0.15, 0.2) is 58.7 Å². The fourth-order valence-corrected chi connectivity index (χ4v) is 6.06. The van der Waals surface area contributed by atoms with Crippen LogP contribution < -0.4 is 10.2 Å². The molecule has 0 aliphatic carbocycles. The van der Waals surface area contributed by atoms with Gasteiger partial charge in [0.25, 0.3) is 0 Å². The van der Waals surface area contributed by atoms with Crippen molar-refractivity contribution in [2.45, 2.75) is 26.7 Å². The number of nitrogens with zero attached hydrogens (tertiary/aromatic N) is 8. The van der Waals surface area contributed by atoms with Crippen molar-refractivity contribution in [1.82, 2.24) is 24.6 Å². The van der Waals surface area contributed by atoms with Crippen LogP contribution in [0.25, 0.3) is 22.2 Å². The highest BCUT2D eigenvalue weighted by molar-refractivity contribution is 6.15.